The van der Waals surface area contributed by atoms with Crippen LogP contribution in [0.1, 0.15) is 26.7 Å². The molecule has 3 atom stereocenters. The zero-order valence-corrected chi connectivity index (χ0v) is 7.34. The minimum Gasteiger partial charge on any atom is -0.299 e. The average Bonchev–Trinajstić information content (AvgIpc) is 2.30. The Bertz CT molecular complexity index is 172. The van der Waals surface area contributed by atoms with E-state index in [1.165, 1.54) is 0 Å². The second-order valence-corrected chi connectivity index (χ2v) is 3.60. The molecule has 1 aliphatic rings. The van der Waals surface area contributed by atoms with E-state index in [2.05, 4.69) is 20.4 Å². The summed E-state index contributed by atoms with van der Waals surface area (Å²) in [4.78, 5) is 11.3. The van der Waals surface area contributed by atoms with Crippen molar-refractivity contribution in [3.8, 4) is 0 Å². The lowest BCUT2D eigenvalue weighted by atomic mass is 9.86. The number of rotatable bonds is 2. The summed E-state index contributed by atoms with van der Waals surface area (Å²) in [6, 6.07) is 0. The number of hydrogen-bond donors (Lipinski definition) is 0. The largest absolute Gasteiger partial charge is 0.299 e. The number of carbonyl (C=O) groups is 1. The van der Waals surface area contributed by atoms with E-state index in [4.69, 9.17) is 0 Å². The summed E-state index contributed by atoms with van der Waals surface area (Å²) in [5, 5.41) is 0. The Morgan fingerprint density at radius 2 is 2.36 bits per heavy atom. The molecule has 0 amide bonds. The van der Waals surface area contributed by atoms with Crippen molar-refractivity contribution < 1.29 is 4.79 Å². The van der Waals surface area contributed by atoms with Crippen molar-refractivity contribution in [2.45, 2.75) is 26.7 Å². The van der Waals surface area contributed by atoms with Gasteiger partial charge < -0.3 is 0 Å². The van der Waals surface area contributed by atoms with E-state index in [-0.39, 0.29) is 5.92 Å². The van der Waals surface area contributed by atoms with Gasteiger partial charge in [-0.05, 0) is 18.3 Å². The summed E-state index contributed by atoms with van der Waals surface area (Å²) in [7, 11) is 0. The Morgan fingerprint density at radius 1 is 1.73 bits per heavy atom. The maximum absolute atomic E-state index is 11.3. The van der Waals surface area contributed by atoms with Gasteiger partial charge in [-0.25, -0.2) is 0 Å². The summed E-state index contributed by atoms with van der Waals surface area (Å²) in [5.41, 5.74) is 0. The monoisotopic (exact) mass is 152 g/mol. The predicted octanol–water partition coefficient (Wildman–Crippen LogP) is 2.42. The van der Waals surface area contributed by atoms with Crippen LogP contribution in [0.3, 0.4) is 0 Å². The summed E-state index contributed by atoms with van der Waals surface area (Å²) in [6.45, 7) is 7.96. The fourth-order valence-electron chi connectivity index (χ4n) is 1.99. The molecule has 11 heavy (non-hydrogen) atoms. The molecule has 0 N–H and O–H groups in total. The molecule has 0 saturated heterocycles. The minimum atomic E-state index is 0.257. The van der Waals surface area contributed by atoms with Crippen LogP contribution in [-0.4, -0.2) is 5.78 Å². The molecule has 1 heteroatoms. The Kier molecular flexibility index (Phi) is 2.48. The molecule has 0 aromatic rings. The third-order valence-electron chi connectivity index (χ3n) is 2.77. The van der Waals surface area contributed by atoms with Gasteiger partial charge in [-0.15, -0.1) is 6.58 Å². The first-order chi connectivity index (χ1) is 5.16. The SMILES string of the molecule is C=CC(C)[C@H]1C(=O)CC[C@@H]1C. The standard InChI is InChI=1S/C10H16O/c1-4-7(2)10-8(3)5-6-9(10)11/h4,7-8,10H,1,5-6H2,2-3H3/t7?,8-,10+/m0/s1. The van der Waals surface area contributed by atoms with Gasteiger partial charge in [-0.1, -0.05) is 19.9 Å². The van der Waals surface area contributed by atoms with Gasteiger partial charge in [0.2, 0.25) is 0 Å². The van der Waals surface area contributed by atoms with Crippen LogP contribution >= 0.6 is 0 Å². The Hall–Kier alpha value is -0.590. The molecule has 0 aromatic heterocycles. The zero-order valence-electron chi connectivity index (χ0n) is 7.34. The number of ketones is 1. The second-order valence-electron chi connectivity index (χ2n) is 3.60. The quantitative estimate of drug-likeness (QED) is 0.555. The van der Waals surface area contributed by atoms with Crippen LogP contribution in [0.15, 0.2) is 12.7 Å². The van der Waals surface area contributed by atoms with Gasteiger partial charge in [0.1, 0.15) is 5.78 Å². The maximum Gasteiger partial charge on any atom is 0.136 e. The van der Waals surface area contributed by atoms with Crippen molar-refractivity contribution in [3.05, 3.63) is 12.7 Å². The van der Waals surface area contributed by atoms with Crippen LogP contribution < -0.4 is 0 Å². The average molecular weight is 152 g/mol. The second kappa shape index (κ2) is 3.21. The molecule has 0 aliphatic heterocycles. The van der Waals surface area contributed by atoms with Crippen LogP contribution in [0.4, 0.5) is 0 Å². The predicted molar refractivity (Wildman–Crippen MR) is 46.3 cm³/mol. The number of allylic oxidation sites excluding steroid dienone is 1. The van der Waals surface area contributed by atoms with E-state index in [9.17, 15) is 4.79 Å². The molecule has 1 rings (SSSR count). The van der Waals surface area contributed by atoms with Crippen molar-refractivity contribution in [3.63, 3.8) is 0 Å². The molecule has 0 heterocycles. The van der Waals surface area contributed by atoms with E-state index >= 15 is 0 Å². The highest BCUT2D eigenvalue weighted by atomic mass is 16.1. The molecule has 62 valence electrons. The summed E-state index contributed by atoms with van der Waals surface area (Å²) in [5.74, 6) is 1.62. The topological polar surface area (TPSA) is 17.1 Å². The van der Waals surface area contributed by atoms with Crippen molar-refractivity contribution in [1.82, 2.24) is 0 Å². The molecule has 1 saturated carbocycles. The summed E-state index contributed by atoms with van der Waals surface area (Å²) >= 11 is 0. The van der Waals surface area contributed by atoms with Crippen LogP contribution in [0.5, 0.6) is 0 Å². The van der Waals surface area contributed by atoms with Crippen LogP contribution in [0.25, 0.3) is 0 Å². The van der Waals surface area contributed by atoms with Gasteiger partial charge in [-0.2, -0.15) is 0 Å². The molecule has 1 fully saturated rings. The minimum absolute atomic E-state index is 0.257. The van der Waals surface area contributed by atoms with E-state index in [1.54, 1.807) is 0 Å². The van der Waals surface area contributed by atoms with Crippen molar-refractivity contribution in [1.29, 1.82) is 0 Å². The first-order valence-corrected chi connectivity index (χ1v) is 4.32. The summed E-state index contributed by atoms with van der Waals surface area (Å²) in [6.07, 6.45) is 3.75. The molecule has 1 aliphatic carbocycles. The molecule has 1 nitrogen and oxygen atoms in total. The zero-order chi connectivity index (χ0) is 8.43. The van der Waals surface area contributed by atoms with E-state index < -0.39 is 0 Å². The fraction of sp³-hybridized carbons (Fsp3) is 0.700. The fourth-order valence-corrected chi connectivity index (χ4v) is 1.99. The van der Waals surface area contributed by atoms with Gasteiger partial charge in [0.25, 0.3) is 0 Å². The van der Waals surface area contributed by atoms with Crippen LogP contribution in [-0.2, 0) is 4.79 Å². The molecular weight excluding hydrogens is 136 g/mol. The first-order valence-electron chi connectivity index (χ1n) is 4.32. The number of carbonyl (C=O) groups excluding carboxylic acids is 1. The van der Waals surface area contributed by atoms with Crippen molar-refractivity contribution >= 4 is 5.78 Å². The van der Waals surface area contributed by atoms with Crippen LogP contribution in [0, 0.1) is 17.8 Å². The molecular formula is C10H16O. The Morgan fingerprint density at radius 3 is 2.73 bits per heavy atom. The maximum atomic E-state index is 11.3. The highest BCUT2D eigenvalue weighted by molar-refractivity contribution is 5.83. The molecule has 0 radical (unpaired) electrons. The van der Waals surface area contributed by atoms with Crippen molar-refractivity contribution in [2.75, 3.05) is 0 Å². The van der Waals surface area contributed by atoms with E-state index in [0.717, 1.165) is 12.8 Å². The lowest BCUT2D eigenvalue weighted by molar-refractivity contribution is -0.122. The third-order valence-corrected chi connectivity index (χ3v) is 2.77. The normalized spacial score (nSPS) is 33.8. The van der Waals surface area contributed by atoms with Crippen LogP contribution in [0.2, 0.25) is 0 Å². The van der Waals surface area contributed by atoms with Gasteiger partial charge in [-0.3, -0.25) is 4.79 Å². The lowest BCUT2D eigenvalue weighted by Gasteiger charge is -2.18. The molecule has 1 unspecified atom stereocenters. The summed E-state index contributed by atoms with van der Waals surface area (Å²) < 4.78 is 0. The first kappa shape index (κ1) is 8.51. The third kappa shape index (κ3) is 1.52. The molecule has 0 aromatic carbocycles. The highest BCUT2D eigenvalue weighted by Crippen LogP contribution is 2.33. The highest BCUT2D eigenvalue weighted by Gasteiger charge is 2.33. The van der Waals surface area contributed by atoms with Gasteiger partial charge >= 0.3 is 0 Å². The van der Waals surface area contributed by atoms with E-state index in [1.807, 2.05) is 6.08 Å². The smallest absolute Gasteiger partial charge is 0.136 e. The Labute approximate surface area is 68.5 Å². The van der Waals surface area contributed by atoms with Crippen molar-refractivity contribution in [2.24, 2.45) is 17.8 Å². The molecule has 0 bridgehead atoms. The number of hydrogen-bond acceptors (Lipinski definition) is 1. The number of Topliss-reactive ketones (excluding diaryl/α,β-unsaturated/α-hetero) is 1. The van der Waals surface area contributed by atoms with Gasteiger partial charge in [0, 0.05) is 12.3 Å². The van der Waals surface area contributed by atoms with Gasteiger partial charge in [0.15, 0.2) is 0 Å². The Balaban J connectivity index is 2.67. The lowest BCUT2D eigenvalue weighted by Crippen LogP contribution is -2.19. The van der Waals surface area contributed by atoms with Gasteiger partial charge in [0.05, 0.1) is 0 Å². The molecule has 0 spiro atoms. The van der Waals surface area contributed by atoms with E-state index in [0.29, 0.717) is 17.6 Å².